The molecule has 2 saturated heterocycles. The second kappa shape index (κ2) is 17.8. The summed E-state index contributed by atoms with van der Waals surface area (Å²) in [5, 5.41) is 25.6. The molecule has 5 aliphatic rings. The molecular formula is C44H53ClFN11O5. The summed E-state index contributed by atoms with van der Waals surface area (Å²) in [5.74, 6) is -0.349. The molecule has 1 aromatic carbocycles. The van der Waals surface area contributed by atoms with Crippen LogP contribution in [0.2, 0.25) is 5.02 Å². The molecule has 4 amide bonds. The van der Waals surface area contributed by atoms with Gasteiger partial charge in [-0.1, -0.05) is 11.6 Å². The number of nitrogens with zero attached hydrogens (tertiary/aromatic N) is 9. The van der Waals surface area contributed by atoms with Crippen LogP contribution in [0, 0.1) is 11.7 Å². The zero-order valence-corrected chi connectivity index (χ0v) is 35.7. The Labute approximate surface area is 364 Å². The zero-order valence-electron chi connectivity index (χ0n) is 34.9. The van der Waals surface area contributed by atoms with Gasteiger partial charge in [0, 0.05) is 67.2 Å². The van der Waals surface area contributed by atoms with Crippen molar-refractivity contribution in [3.05, 3.63) is 75.7 Å². The lowest BCUT2D eigenvalue weighted by atomic mass is 9.85. The first-order valence-electron chi connectivity index (χ1n) is 22.0. The highest BCUT2D eigenvalue weighted by atomic mass is 35.5. The van der Waals surface area contributed by atoms with Crippen molar-refractivity contribution >= 4 is 41.4 Å². The second-order valence-corrected chi connectivity index (χ2v) is 18.1. The van der Waals surface area contributed by atoms with Crippen molar-refractivity contribution in [2.45, 2.75) is 121 Å². The lowest BCUT2D eigenvalue weighted by Gasteiger charge is -2.35. The van der Waals surface area contributed by atoms with E-state index in [4.69, 9.17) is 16.6 Å². The monoisotopic (exact) mass is 869 g/mol. The van der Waals surface area contributed by atoms with Crippen LogP contribution in [0.25, 0.3) is 11.3 Å². The summed E-state index contributed by atoms with van der Waals surface area (Å²) in [4.78, 5) is 64.8. The number of likely N-dealkylation sites (tertiary alicyclic amines) is 1. The van der Waals surface area contributed by atoms with Crippen LogP contribution in [0.1, 0.15) is 109 Å². The van der Waals surface area contributed by atoms with Gasteiger partial charge in [0.1, 0.15) is 11.9 Å². The Balaban J connectivity index is 0.730. The minimum Gasteiger partial charge on any atom is -0.465 e. The molecule has 1 unspecified atom stereocenters. The van der Waals surface area contributed by atoms with Gasteiger partial charge in [-0.3, -0.25) is 29.1 Å². The van der Waals surface area contributed by atoms with Crippen LogP contribution in [-0.4, -0.2) is 111 Å². The number of aryl methyl sites for hydroxylation is 2. The van der Waals surface area contributed by atoms with E-state index < -0.39 is 23.9 Å². The van der Waals surface area contributed by atoms with E-state index in [9.17, 15) is 28.7 Å². The van der Waals surface area contributed by atoms with Gasteiger partial charge in [0.15, 0.2) is 0 Å². The molecule has 1 atom stereocenters. The third-order valence-corrected chi connectivity index (χ3v) is 13.8. The molecule has 3 aromatic heterocycles. The highest BCUT2D eigenvalue weighted by Gasteiger charge is 2.41. The second-order valence-electron chi connectivity index (χ2n) is 17.7. The van der Waals surface area contributed by atoms with Crippen molar-refractivity contribution in [2.75, 3.05) is 25.0 Å². The smallest absolute Gasteiger partial charge is 0.407 e. The number of rotatable bonds is 14. The molecule has 18 heteroatoms. The van der Waals surface area contributed by atoms with E-state index >= 15 is 0 Å². The fourth-order valence-corrected chi connectivity index (χ4v) is 10.1. The van der Waals surface area contributed by atoms with Crippen molar-refractivity contribution < 1.29 is 28.7 Å². The number of piperidine rings is 2. The average molecular weight is 870 g/mol. The number of carbonyl (C=O) groups is 4. The van der Waals surface area contributed by atoms with Gasteiger partial charge in [0.05, 0.1) is 35.9 Å². The van der Waals surface area contributed by atoms with E-state index in [2.05, 4.69) is 30.7 Å². The van der Waals surface area contributed by atoms with Crippen LogP contribution < -0.4 is 10.6 Å². The summed E-state index contributed by atoms with van der Waals surface area (Å²) in [7, 11) is 1.95. The molecule has 4 aromatic rings. The lowest BCUT2D eigenvalue weighted by molar-refractivity contribution is -0.136. The largest absolute Gasteiger partial charge is 0.465 e. The maximum Gasteiger partial charge on any atom is 0.407 e. The van der Waals surface area contributed by atoms with Crippen molar-refractivity contribution in [1.82, 2.24) is 49.5 Å². The lowest BCUT2D eigenvalue weighted by Crippen LogP contribution is -2.52. The highest BCUT2D eigenvalue weighted by Crippen LogP contribution is 2.39. The van der Waals surface area contributed by atoms with Gasteiger partial charge in [-0.15, -0.1) is 0 Å². The number of imide groups is 1. The number of hydrogen-bond acceptors (Lipinski definition) is 10. The molecule has 0 radical (unpaired) electrons. The van der Waals surface area contributed by atoms with Crippen molar-refractivity contribution in [2.24, 2.45) is 13.0 Å². The number of nitrogens with one attached hydrogen (secondary N) is 2. The molecule has 4 fully saturated rings. The minimum atomic E-state index is -0.942. The summed E-state index contributed by atoms with van der Waals surface area (Å²) in [6.45, 7) is 3.72. The molecule has 0 bridgehead atoms. The third-order valence-electron chi connectivity index (χ3n) is 13.5. The van der Waals surface area contributed by atoms with Crippen molar-refractivity contribution in [1.29, 1.82) is 0 Å². The van der Waals surface area contributed by atoms with Gasteiger partial charge in [-0.25, -0.2) is 19.2 Å². The third kappa shape index (κ3) is 9.05. The summed E-state index contributed by atoms with van der Waals surface area (Å²) in [6.07, 6.45) is 15.5. The van der Waals surface area contributed by atoms with Crippen LogP contribution in [-0.2, 0) is 42.7 Å². The molecule has 9 rings (SSSR count). The van der Waals surface area contributed by atoms with E-state index in [1.165, 1.54) is 23.8 Å². The van der Waals surface area contributed by atoms with E-state index in [1.807, 2.05) is 28.8 Å². The number of carbonyl (C=O) groups excluding carboxylic acids is 3. The van der Waals surface area contributed by atoms with Crippen LogP contribution in [0.5, 0.6) is 0 Å². The van der Waals surface area contributed by atoms with Gasteiger partial charge in [0.2, 0.25) is 17.8 Å². The van der Waals surface area contributed by atoms with Crippen LogP contribution >= 0.6 is 11.6 Å². The number of carboxylic acid groups (broad SMARTS) is 1. The van der Waals surface area contributed by atoms with E-state index in [0.717, 1.165) is 86.1 Å². The quantitative estimate of drug-likeness (QED) is 0.131. The molecule has 328 valence electrons. The predicted molar refractivity (Wildman–Crippen MR) is 227 cm³/mol. The van der Waals surface area contributed by atoms with E-state index in [0.29, 0.717) is 47.5 Å². The first-order chi connectivity index (χ1) is 30.0. The fraction of sp³-hybridized carbons (Fsp3) is 0.545. The molecule has 2 aliphatic carbocycles. The SMILES string of the molecule is Cn1ncc(-c2nc(NC3CCC(N(Cc4cnn(CCCN5CCC(c6cc(F)cc7c6CN(C6CCC(=O)NC6=O)C7=O)CC5)c4)C(=O)O)CC3)ncc2Cl)c1CC1CC1. The molecule has 62 heavy (non-hydrogen) atoms. The number of hydrogen-bond donors (Lipinski definition) is 3. The summed E-state index contributed by atoms with van der Waals surface area (Å²) in [5.41, 5.74) is 5.54. The number of halogens is 2. The summed E-state index contributed by atoms with van der Waals surface area (Å²) < 4.78 is 18.7. The summed E-state index contributed by atoms with van der Waals surface area (Å²) >= 11 is 6.59. The van der Waals surface area contributed by atoms with Crippen LogP contribution in [0.4, 0.5) is 15.1 Å². The standard InChI is InChI=1S/C44H53ClFN11O5/c1-53-38(17-26-3-4-26)34(21-48-53)40-36(45)22-47-43(52-40)50-30-5-7-31(8-6-30)56(44(61)62)24-27-20-49-55(23-27)14-2-13-54-15-11-28(12-16-54)32-18-29(46)19-33-35(32)25-57(42(33)60)37-9-10-39(58)51-41(37)59/h18-23,26,28,30-31,37H,2-17,24-25H2,1H3,(H,61,62)(H,47,50,52)(H,51,58,59). The zero-order chi connectivity index (χ0) is 43.1. The minimum absolute atomic E-state index is 0.0933. The molecule has 0 spiro atoms. The number of anilines is 1. The number of amides is 4. The van der Waals surface area contributed by atoms with Crippen molar-refractivity contribution in [3.8, 4) is 11.3 Å². The Kier molecular flexibility index (Phi) is 12.0. The molecule has 6 heterocycles. The van der Waals surface area contributed by atoms with Crippen LogP contribution in [0.15, 0.2) is 36.9 Å². The average Bonchev–Trinajstić information content (AvgIpc) is 3.71. The first-order valence-corrected chi connectivity index (χ1v) is 22.4. The van der Waals surface area contributed by atoms with Gasteiger partial charge < -0.3 is 25.1 Å². The Bertz CT molecular complexity index is 2350. The Hall–Kier alpha value is -5.42. The van der Waals surface area contributed by atoms with E-state index in [-0.39, 0.29) is 55.7 Å². The maximum atomic E-state index is 14.9. The molecule has 3 aliphatic heterocycles. The molecule has 16 nitrogen and oxygen atoms in total. The van der Waals surface area contributed by atoms with Gasteiger partial charge >= 0.3 is 6.09 Å². The molecule has 3 N–H and O–H groups in total. The first kappa shape index (κ1) is 41.9. The maximum absolute atomic E-state index is 14.9. The Morgan fingerprint density at radius 2 is 1.77 bits per heavy atom. The Morgan fingerprint density at radius 1 is 0.984 bits per heavy atom. The number of benzene rings is 1. The summed E-state index contributed by atoms with van der Waals surface area (Å²) in [6, 6.07) is 2.07. The Morgan fingerprint density at radius 3 is 2.52 bits per heavy atom. The van der Waals surface area contributed by atoms with Crippen LogP contribution in [0.3, 0.4) is 0 Å². The molecule has 2 saturated carbocycles. The fourth-order valence-electron chi connectivity index (χ4n) is 9.94. The van der Waals surface area contributed by atoms with Gasteiger partial charge in [0.25, 0.3) is 5.91 Å². The van der Waals surface area contributed by atoms with Crippen molar-refractivity contribution in [3.63, 3.8) is 0 Å². The van der Waals surface area contributed by atoms with Gasteiger partial charge in [-0.05, 0) is 125 Å². The topological polar surface area (TPSA) is 184 Å². The van der Waals surface area contributed by atoms with Gasteiger partial charge in [-0.2, -0.15) is 10.2 Å². The highest BCUT2D eigenvalue weighted by molar-refractivity contribution is 6.33. The number of aromatic nitrogens is 6. The predicted octanol–water partition coefficient (Wildman–Crippen LogP) is 5.75. The van der Waals surface area contributed by atoms with E-state index in [1.54, 1.807) is 23.4 Å². The molecular weight excluding hydrogens is 817 g/mol. The number of fused-ring (bicyclic) bond motifs is 1. The normalized spacial score (nSPS) is 22.2.